The molecule has 0 spiro atoms. The molecule has 1 aliphatic heterocycles. The number of nitrogens with one attached hydrogen (secondary N) is 2. The van der Waals surface area contributed by atoms with Crippen LogP contribution in [0.15, 0.2) is 42.5 Å². The van der Waals surface area contributed by atoms with Crippen LogP contribution in [0.1, 0.15) is 24.2 Å². The summed E-state index contributed by atoms with van der Waals surface area (Å²) >= 11 is 0. The molecule has 1 saturated heterocycles. The van der Waals surface area contributed by atoms with Gasteiger partial charge in [-0.3, -0.25) is 19.5 Å². The van der Waals surface area contributed by atoms with Crippen LogP contribution < -0.4 is 20.5 Å². The Hall–Kier alpha value is -3.73. The van der Waals surface area contributed by atoms with E-state index in [1.54, 1.807) is 24.1 Å². The van der Waals surface area contributed by atoms with Crippen molar-refractivity contribution in [3.05, 3.63) is 59.7 Å². The molecule has 3 amide bonds. The van der Waals surface area contributed by atoms with Gasteiger partial charge in [0.15, 0.2) is 0 Å². The number of nitrogens with zero attached hydrogens (tertiary/aromatic N) is 3. The summed E-state index contributed by atoms with van der Waals surface area (Å²) < 4.78 is 33.3. The van der Waals surface area contributed by atoms with Crippen molar-refractivity contribution in [1.29, 1.82) is 0 Å². The van der Waals surface area contributed by atoms with E-state index in [0.29, 0.717) is 36.6 Å². The van der Waals surface area contributed by atoms with E-state index in [-0.39, 0.29) is 24.9 Å². The van der Waals surface area contributed by atoms with Crippen LogP contribution in [0, 0.1) is 11.6 Å². The molecule has 0 aromatic heterocycles. The van der Waals surface area contributed by atoms with Crippen LogP contribution in [0.2, 0.25) is 0 Å². The zero-order valence-electron chi connectivity index (χ0n) is 19.9. The van der Waals surface area contributed by atoms with Gasteiger partial charge in [-0.1, -0.05) is 0 Å². The second-order valence-corrected chi connectivity index (χ2v) is 8.05. The van der Waals surface area contributed by atoms with Crippen molar-refractivity contribution in [3.8, 4) is 0 Å². The molecule has 2 N–H and O–H groups in total. The molecule has 0 aliphatic carbocycles. The minimum Gasteiger partial charge on any atom is -0.442 e. The lowest BCUT2D eigenvalue weighted by atomic mass is 10.2. The van der Waals surface area contributed by atoms with E-state index in [2.05, 4.69) is 10.7 Å². The molecule has 11 heteroatoms. The molecule has 0 saturated carbocycles. The fraction of sp³-hybridized carbons (Fsp3) is 0.375. The number of likely N-dealkylation sites (N-methyl/N-ethyl adjacent to an activating group) is 1. The Labute approximate surface area is 202 Å². The van der Waals surface area contributed by atoms with Crippen molar-refractivity contribution in [2.24, 2.45) is 0 Å². The quantitative estimate of drug-likeness (QED) is 0.498. The second-order valence-electron chi connectivity index (χ2n) is 8.05. The summed E-state index contributed by atoms with van der Waals surface area (Å²) in [6.45, 7) is 4.91. The number of halogens is 2. The molecule has 1 heterocycles. The van der Waals surface area contributed by atoms with E-state index < -0.39 is 23.8 Å². The van der Waals surface area contributed by atoms with Crippen molar-refractivity contribution in [2.75, 3.05) is 49.6 Å². The molecule has 0 radical (unpaired) electrons. The maximum Gasteiger partial charge on any atom is 0.414 e. The predicted molar refractivity (Wildman–Crippen MR) is 127 cm³/mol. The van der Waals surface area contributed by atoms with Crippen LogP contribution >= 0.6 is 0 Å². The van der Waals surface area contributed by atoms with Gasteiger partial charge in [-0.15, -0.1) is 0 Å². The molecule has 2 aromatic rings. The molecular weight excluding hydrogens is 460 g/mol. The monoisotopic (exact) mass is 489 g/mol. The fourth-order valence-electron chi connectivity index (χ4n) is 3.68. The number of carbonyl (C=O) groups excluding carboxylic acids is 3. The lowest BCUT2D eigenvalue weighted by Crippen LogP contribution is -2.43. The number of hydrogen-bond donors (Lipinski definition) is 2. The number of hydrazine groups is 1. The first kappa shape index (κ1) is 25.9. The van der Waals surface area contributed by atoms with Gasteiger partial charge in [-0.25, -0.2) is 19.0 Å². The highest BCUT2D eigenvalue weighted by atomic mass is 19.1. The SMILES string of the molecule is CCN(CCNN(C)C(=O)c1ccc(F)cc1)c1ccc(N2C[C@H](CNC(C)=O)OC2=O)cc1F. The molecule has 1 fully saturated rings. The zero-order valence-corrected chi connectivity index (χ0v) is 19.9. The van der Waals surface area contributed by atoms with E-state index in [9.17, 15) is 23.2 Å². The smallest absolute Gasteiger partial charge is 0.414 e. The summed E-state index contributed by atoms with van der Waals surface area (Å²) in [4.78, 5) is 38.8. The molecule has 0 bridgehead atoms. The summed E-state index contributed by atoms with van der Waals surface area (Å²) in [5.41, 5.74) is 4.02. The van der Waals surface area contributed by atoms with E-state index in [1.165, 1.54) is 47.2 Å². The third kappa shape index (κ3) is 6.66. The average Bonchev–Trinajstić information content (AvgIpc) is 3.21. The van der Waals surface area contributed by atoms with Crippen LogP contribution in [0.25, 0.3) is 0 Å². The first-order valence-electron chi connectivity index (χ1n) is 11.2. The molecule has 35 heavy (non-hydrogen) atoms. The average molecular weight is 490 g/mol. The van der Waals surface area contributed by atoms with Crippen molar-refractivity contribution >= 4 is 29.3 Å². The third-order valence-electron chi connectivity index (χ3n) is 5.54. The number of carbonyl (C=O) groups is 3. The maximum atomic E-state index is 15.0. The molecule has 1 aliphatic rings. The molecule has 3 rings (SSSR count). The number of anilines is 2. The minimum atomic E-state index is -0.599. The Morgan fingerprint density at radius 2 is 1.89 bits per heavy atom. The number of benzene rings is 2. The number of cyclic esters (lactones) is 1. The van der Waals surface area contributed by atoms with Crippen LogP contribution in [0.3, 0.4) is 0 Å². The van der Waals surface area contributed by atoms with Gasteiger partial charge in [0.25, 0.3) is 5.91 Å². The molecule has 1 atom stereocenters. The predicted octanol–water partition coefficient (Wildman–Crippen LogP) is 2.53. The largest absolute Gasteiger partial charge is 0.442 e. The summed E-state index contributed by atoms with van der Waals surface area (Å²) in [6, 6.07) is 9.76. The minimum absolute atomic E-state index is 0.187. The normalized spacial score (nSPS) is 15.1. The molecule has 9 nitrogen and oxygen atoms in total. The third-order valence-corrected chi connectivity index (χ3v) is 5.54. The topological polar surface area (TPSA) is 94.2 Å². The van der Waals surface area contributed by atoms with Crippen molar-refractivity contribution in [1.82, 2.24) is 15.8 Å². The molecule has 0 unspecified atom stereocenters. The zero-order chi connectivity index (χ0) is 25.5. The van der Waals surface area contributed by atoms with Gasteiger partial charge >= 0.3 is 6.09 Å². The highest BCUT2D eigenvalue weighted by Gasteiger charge is 2.32. The van der Waals surface area contributed by atoms with Crippen LogP contribution in [-0.2, 0) is 9.53 Å². The number of hydrogen-bond acceptors (Lipinski definition) is 6. The van der Waals surface area contributed by atoms with Crippen molar-refractivity contribution in [2.45, 2.75) is 20.0 Å². The Balaban J connectivity index is 1.57. The summed E-state index contributed by atoms with van der Waals surface area (Å²) in [5, 5.41) is 3.90. The number of rotatable bonds is 10. The van der Waals surface area contributed by atoms with Crippen molar-refractivity contribution in [3.63, 3.8) is 0 Å². The Bertz CT molecular complexity index is 1070. The Morgan fingerprint density at radius 1 is 1.17 bits per heavy atom. The van der Waals surface area contributed by atoms with Crippen LogP contribution in [-0.4, -0.2) is 68.8 Å². The van der Waals surface area contributed by atoms with E-state index in [1.807, 2.05) is 6.92 Å². The molecule has 2 aromatic carbocycles. The van der Waals surface area contributed by atoms with Gasteiger partial charge in [0.05, 0.1) is 24.5 Å². The molecular formula is C24H29F2N5O4. The molecule has 188 valence electrons. The lowest BCUT2D eigenvalue weighted by Gasteiger charge is -2.26. The van der Waals surface area contributed by atoms with Gasteiger partial charge in [0.1, 0.15) is 17.7 Å². The second kappa shape index (κ2) is 11.6. The standard InChI is InChI=1S/C24H29F2N5O4/c1-4-30(12-11-28-29(3)23(33)17-5-7-18(25)8-6-17)22-10-9-19(13-21(22)26)31-15-20(35-24(31)34)14-27-16(2)32/h5-10,13,20,28H,4,11-12,14-15H2,1-3H3,(H,27,32)/t20-/m0/s1. The summed E-state index contributed by atoms with van der Waals surface area (Å²) in [5.74, 6) is -1.47. The lowest BCUT2D eigenvalue weighted by molar-refractivity contribution is -0.119. The first-order valence-corrected chi connectivity index (χ1v) is 11.2. The van der Waals surface area contributed by atoms with Gasteiger partial charge in [0.2, 0.25) is 5.91 Å². The van der Waals surface area contributed by atoms with Crippen LogP contribution in [0.5, 0.6) is 0 Å². The van der Waals surface area contributed by atoms with Gasteiger partial charge in [0, 0.05) is 39.2 Å². The number of ether oxygens (including phenoxy) is 1. The van der Waals surface area contributed by atoms with E-state index in [0.717, 1.165) is 0 Å². The van der Waals surface area contributed by atoms with Crippen molar-refractivity contribution < 1.29 is 27.9 Å². The van der Waals surface area contributed by atoms with Gasteiger partial charge < -0.3 is 15.0 Å². The van der Waals surface area contributed by atoms with E-state index in [4.69, 9.17) is 4.74 Å². The highest BCUT2D eigenvalue weighted by Crippen LogP contribution is 2.27. The number of amides is 3. The van der Waals surface area contributed by atoms with E-state index >= 15 is 0 Å². The van der Waals surface area contributed by atoms with Gasteiger partial charge in [-0.2, -0.15) is 0 Å². The Morgan fingerprint density at radius 3 is 2.51 bits per heavy atom. The van der Waals surface area contributed by atoms with Crippen LogP contribution in [0.4, 0.5) is 25.0 Å². The fourth-order valence-corrected chi connectivity index (χ4v) is 3.68. The summed E-state index contributed by atoms with van der Waals surface area (Å²) in [6.07, 6.45) is -1.11. The highest BCUT2D eigenvalue weighted by molar-refractivity contribution is 5.93. The summed E-state index contributed by atoms with van der Waals surface area (Å²) in [7, 11) is 1.56. The first-order chi connectivity index (χ1) is 16.7. The Kier molecular flexibility index (Phi) is 8.58. The maximum absolute atomic E-state index is 15.0. The van der Waals surface area contributed by atoms with Gasteiger partial charge in [-0.05, 0) is 49.4 Å².